The molecule has 62 heavy (non-hydrogen) atoms. The second kappa shape index (κ2) is 16.7. The number of aromatic nitrogens is 1. The van der Waals surface area contributed by atoms with Crippen LogP contribution in [-0.4, -0.2) is 116 Å². The van der Waals surface area contributed by atoms with Crippen LogP contribution in [0.5, 0.6) is 11.6 Å². The van der Waals surface area contributed by atoms with Crippen LogP contribution in [0.4, 0.5) is 23.7 Å². The lowest BCUT2D eigenvalue weighted by Crippen LogP contribution is -2.60. The Morgan fingerprint density at radius 3 is 2.55 bits per heavy atom. The van der Waals surface area contributed by atoms with Crippen molar-refractivity contribution < 1.29 is 59.3 Å². The number of halogens is 3. The van der Waals surface area contributed by atoms with Gasteiger partial charge in [-0.15, -0.1) is 0 Å². The van der Waals surface area contributed by atoms with Crippen LogP contribution >= 0.6 is 0 Å². The number of nitrogens with one attached hydrogen (secondary N) is 3. The molecule has 2 aliphatic carbocycles. The third-order valence-electron chi connectivity index (χ3n) is 13.5. The Labute approximate surface area is 364 Å². The van der Waals surface area contributed by atoms with Gasteiger partial charge in [0.1, 0.15) is 41.8 Å². The molecule has 3 fully saturated rings. The number of hydrogen-bond acceptors (Lipinski definition) is 11. The fourth-order valence-corrected chi connectivity index (χ4v) is 10.2. The first kappa shape index (κ1) is 45.2. The van der Waals surface area contributed by atoms with Gasteiger partial charge < -0.3 is 34.6 Å². The van der Waals surface area contributed by atoms with Crippen LogP contribution < -0.4 is 29.7 Å². The molecule has 3 aliphatic heterocycles. The van der Waals surface area contributed by atoms with Gasteiger partial charge in [-0.2, -0.15) is 0 Å². The molecule has 0 radical (unpaired) electrons. The number of sulfonamides is 1. The van der Waals surface area contributed by atoms with E-state index in [1.807, 2.05) is 39.1 Å². The van der Waals surface area contributed by atoms with Gasteiger partial charge in [-0.1, -0.05) is 32.4 Å². The zero-order chi connectivity index (χ0) is 45.0. The van der Waals surface area contributed by atoms with Gasteiger partial charge in [0.05, 0.1) is 18.8 Å². The van der Waals surface area contributed by atoms with Crippen LogP contribution in [0.15, 0.2) is 36.5 Å². The summed E-state index contributed by atoms with van der Waals surface area (Å²) in [5.74, 6) is -6.23. The van der Waals surface area contributed by atoms with Crippen LogP contribution in [-0.2, 0) is 29.1 Å². The second-order valence-corrected chi connectivity index (χ2v) is 20.4. The molecule has 2 saturated carbocycles. The van der Waals surface area contributed by atoms with Crippen LogP contribution in [0, 0.1) is 17.8 Å². The number of carbonyl (C=O) groups excluding carboxylic acids is 4. The second-order valence-electron chi connectivity index (χ2n) is 18.3. The first-order chi connectivity index (χ1) is 29.2. The number of likely N-dealkylation sites (N-methyl/N-ethyl adjacent to an activating group) is 1. The highest BCUT2D eigenvalue weighted by molar-refractivity contribution is 7.91. The maximum atomic E-state index is 15.1. The smallest absolute Gasteiger partial charge is 0.408 e. The Hall–Kier alpha value is -4.81. The normalized spacial score (nSPS) is 29.4. The largest absolute Gasteiger partial charge is 0.489 e. The fourth-order valence-electron chi connectivity index (χ4n) is 8.75. The first-order valence-electron chi connectivity index (χ1n) is 21.4. The Morgan fingerprint density at radius 1 is 1.13 bits per heavy atom. The molecule has 19 heteroatoms. The number of allylic oxidation sites excluding steroid dienone is 1. The Morgan fingerprint density at radius 2 is 1.87 bits per heavy atom. The van der Waals surface area contributed by atoms with E-state index in [1.165, 1.54) is 4.90 Å². The quantitative estimate of drug-likeness (QED) is 0.241. The number of alkyl carbamates (subject to hydrolysis) is 1. The molecule has 0 bridgehead atoms. The van der Waals surface area contributed by atoms with Crippen molar-refractivity contribution in [3.05, 3.63) is 36.5 Å². The molecule has 7 atom stereocenters. The van der Waals surface area contributed by atoms with E-state index in [2.05, 4.69) is 25.2 Å². The summed E-state index contributed by atoms with van der Waals surface area (Å²) in [4.78, 5) is 65.0. The van der Waals surface area contributed by atoms with Gasteiger partial charge in [-0.05, 0) is 82.4 Å². The molecular weight excluding hydrogens is 834 g/mol. The molecule has 1 aromatic carbocycles. The van der Waals surface area contributed by atoms with Gasteiger partial charge in [0.15, 0.2) is 11.4 Å². The lowest BCUT2D eigenvalue weighted by Gasteiger charge is -2.35. The van der Waals surface area contributed by atoms with Crippen LogP contribution in [0.1, 0.15) is 90.3 Å². The Bertz CT molecular complexity index is 2250. The minimum Gasteiger partial charge on any atom is -0.489 e. The van der Waals surface area contributed by atoms with Crippen molar-refractivity contribution in [3.63, 3.8) is 0 Å². The summed E-state index contributed by atoms with van der Waals surface area (Å²) in [5, 5.41) is 6.73. The average Bonchev–Trinajstić information content (AvgIpc) is 4.11. The van der Waals surface area contributed by atoms with Crippen molar-refractivity contribution in [3.8, 4) is 11.6 Å². The first-order valence-corrected chi connectivity index (χ1v) is 22.9. The number of benzene rings is 1. The SMILES string of the molecule is CC[C@@H]1C[C@@H](C)CC/C=C\[C@@H]2C[C@@]2(C(=O)NS(=O)(=O)C2(CF)CC2)NC(=O)[C@@H]2C[C@@H](Oc3nccc4c5c(ccc34)N(C)CCO5)CN2C(=O)C1NC(=O)OC(C)(C)C(C)(F)F.[HH].[HH].[HH]. The summed E-state index contributed by atoms with van der Waals surface area (Å²) in [5.41, 5.74) is -3.09. The third-order valence-corrected chi connectivity index (χ3v) is 15.6. The average molecular weight is 897 g/mol. The number of amides is 4. The third kappa shape index (κ3) is 8.61. The van der Waals surface area contributed by atoms with E-state index in [-0.39, 0.29) is 48.3 Å². The lowest BCUT2D eigenvalue weighted by molar-refractivity contribution is -0.152. The molecule has 1 saturated heterocycles. The summed E-state index contributed by atoms with van der Waals surface area (Å²) < 4.78 is 87.6. The van der Waals surface area contributed by atoms with Crippen molar-refractivity contribution >= 4 is 50.3 Å². The summed E-state index contributed by atoms with van der Waals surface area (Å²) >= 11 is 0. The van der Waals surface area contributed by atoms with E-state index in [4.69, 9.17) is 14.2 Å². The van der Waals surface area contributed by atoms with E-state index in [1.54, 1.807) is 18.3 Å². The summed E-state index contributed by atoms with van der Waals surface area (Å²) in [6.45, 7) is 6.38. The lowest BCUT2D eigenvalue weighted by atomic mass is 9.85. The topological polar surface area (TPSA) is 186 Å². The molecule has 3 N–H and O–H groups in total. The number of anilines is 1. The van der Waals surface area contributed by atoms with Crippen molar-refractivity contribution in [2.75, 3.05) is 38.3 Å². The molecule has 0 spiro atoms. The number of fused-ring (bicyclic) bond motifs is 5. The van der Waals surface area contributed by atoms with E-state index in [0.29, 0.717) is 56.9 Å². The molecular formula is C43H63F3N6O9S. The molecule has 4 heterocycles. The Balaban J connectivity index is 0.00000308. The maximum absolute atomic E-state index is 15.1. The van der Waals surface area contributed by atoms with Gasteiger partial charge in [0.25, 0.3) is 11.8 Å². The molecule has 7 rings (SSSR count). The van der Waals surface area contributed by atoms with Crippen molar-refractivity contribution in [1.29, 1.82) is 0 Å². The minimum atomic E-state index is -4.45. The molecule has 5 aliphatic rings. The summed E-state index contributed by atoms with van der Waals surface area (Å²) in [6.07, 6.45) is 5.09. The minimum absolute atomic E-state index is 0. The number of carbonyl (C=O) groups is 4. The molecule has 2 aromatic rings. The highest BCUT2D eigenvalue weighted by Gasteiger charge is 2.64. The highest BCUT2D eigenvalue weighted by Crippen LogP contribution is 2.48. The number of nitrogens with zero attached hydrogens (tertiary/aromatic N) is 3. The highest BCUT2D eigenvalue weighted by atomic mass is 32.2. The van der Waals surface area contributed by atoms with E-state index in [0.717, 1.165) is 24.9 Å². The van der Waals surface area contributed by atoms with Crippen LogP contribution in [0.3, 0.4) is 0 Å². The van der Waals surface area contributed by atoms with Crippen LogP contribution in [0.2, 0.25) is 0 Å². The molecule has 1 aromatic heterocycles. The van der Waals surface area contributed by atoms with Gasteiger partial charge >= 0.3 is 6.09 Å². The van der Waals surface area contributed by atoms with E-state index < -0.39 is 92.3 Å². The zero-order valence-electron chi connectivity index (χ0n) is 36.0. The molecule has 4 amide bonds. The number of pyridine rings is 1. The maximum Gasteiger partial charge on any atom is 0.408 e. The number of ether oxygens (including phenoxy) is 3. The zero-order valence-corrected chi connectivity index (χ0v) is 36.8. The monoisotopic (exact) mass is 896 g/mol. The predicted molar refractivity (Wildman–Crippen MR) is 229 cm³/mol. The molecule has 15 nitrogen and oxygen atoms in total. The molecule has 1 unspecified atom stereocenters. The number of hydrogen-bond donors (Lipinski definition) is 3. The van der Waals surface area contributed by atoms with E-state index >= 15 is 4.79 Å². The van der Waals surface area contributed by atoms with Crippen molar-refractivity contribution in [2.45, 2.75) is 126 Å². The van der Waals surface area contributed by atoms with Gasteiger partial charge in [0.2, 0.25) is 27.7 Å². The van der Waals surface area contributed by atoms with Gasteiger partial charge in [-0.3, -0.25) is 19.1 Å². The van der Waals surface area contributed by atoms with Crippen molar-refractivity contribution in [1.82, 2.24) is 25.2 Å². The van der Waals surface area contributed by atoms with Crippen LogP contribution in [0.25, 0.3) is 10.8 Å². The Kier molecular flexibility index (Phi) is 12.2. The summed E-state index contributed by atoms with van der Waals surface area (Å²) in [7, 11) is -2.49. The number of alkyl halides is 3. The summed E-state index contributed by atoms with van der Waals surface area (Å²) in [6, 6.07) is 2.88. The molecule has 346 valence electrons. The standard InChI is InChI=1S/C43H57F3N6O9S.3H2/c1-7-26-20-25(2)10-8-9-11-27-22-43(27,38(55)50-62(57,58)42(24-44)15-16-42)49-35(53)32-21-28(23-52(32)37(54)33(26)48-39(56)61-40(3,4)41(5,45)46)60-36-30-12-13-31-34(29(30)14-17-47-36)59-19-18-51(31)6;;;/h9,11-14,17,25-28,32-33H,7-8,10,15-16,18-24H2,1-6H3,(H,48,56)(H,49,53)(H,50,55);3*1H/b11-9-;;;/t25-,26+,27+,28+,32-,33?,43+;;;/m0.../s1. The van der Waals surface area contributed by atoms with E-state index in [9.17, 15) is 36.0 Å². The fraction of sp³-hybridized carbons (Fsp3) is 0.651. The van der Waals surface area contributed by atoms with Gasteiger partial charge in [0, 0.05) is 47.6 Å². The number of rotatable bonds is 10. The predicted octanol–water partition coefficient (Wildman–Crippen LogP) is 5.90. The van der Waals surface area contributed by atoms with Crippen molar-refractivity contribution in [2.24, 2.45) is 17.8 Å². The van der Waals surface area contributed by atoms with Gasteiger partial charge in [-0.25, -0.2) is 31.4 Å².